The number of ether oxygens (including phenoxy) is 1. The van der Waals surface area contributed by atoms with Crippen LogP contribution in [0.15, 0.2) is 34.3 Å². The van der Waals surface area contributed by atoms with Crippen LogP contribution in [0, 0.1) is 0 Å². The second kappa shape index (κ2) is 12.2. The first-order valence-corrected chi connectivity index (χ1v) is 12.4. The van der Waals surface area contributed by atoms with E-state index in [1.165, 1.54) is 31.4 Å². The van der Waals surface area contributed by atoms with Gasteiger partial charge in [0.05, 0.1) is 36.1 Å². The molecule has 178 valence electrons. The number of methoxy groups -OCH3 is 1. The van der Waals surface area contributed by atoms with Crippen molar-refractivity contribution in [3.63, 3.8) is 0 Å². The van der Waals surface area contributed by atoms with E-state index < -0.39 is 26.0 Å². The van der Waals surface area contributed by atoms with E-state index >= 15 is 0 Å². The van der Waals surface area contributed by atoms with Crippen molar-refractivity contribution in [3.05, 3.63) is 24.3 Å². The van der Waals surface area contributed by atoms with E-state index in [0.717, 1.165) is 12.0 Å². The molecule has 0 aliphatic carbocycles. The molecule has 18 heteroatoms. The maximum Gasteiger partial charge on any atom is 0.294 e. The maximum absolute atomic E-state index is 11.1. The molecule has 0 amide bonds. The molecule has 0 spiro atoms. The van der Waals surface area contributed by atoms with Crippen LogP contribution in [0.2, 0.25) is 0 Å². The summed E-state index contributed by atoms with van der Waals surface area (Å²) in [5.74, 6) is -0.550. The minimum atomic E-state index is -4.34. The highest BCUT2D eigenvalue weighted by atomic mass is 32.2. The maximum atomic E-state index is 11.1. The van der Waals surface area contributed by atoms with Crippen molar-refractivity contribution in [2.24, 2.45) is 0 Å². The van der Waals surface area contributed by atoms with Gasteiger partial charge in [-0.1, -0.05) is 0 Å². The van der Waals surface area contributed by atoms with E-state index in [9.17, 15) is 16.8 Å². The van der Waals surface area contributed by atoms with Crippen molar-refractivity contribution in [2.75, 3.05) is 43.4 Å². The SMILES string of the molecule is COCNCNOSc1nc(NCCS(=O)(=O)O)nc(Nc2ccc(S(=O)(=O)O)cc2)n1. The fraction of sp³-hybridized carbons (Fsp3) is 0.357. The van der Waals surface area contributed by atoms with Crippen molar-refractivity contribution in [1.82, 2.24) is 25.7 Å². The molecule has 1 aromatic carbocycles. The Morgan fingerprint density at radius 1 is 1.03 bits per heavy atom. The van der Waals surface area contributed by atoms with Crippen LogP contribution in [0.3, 0.4) is 0 Å². The highest BCUT2D eigenvalue weighted by Crippen LogP contribution is 2.20. The molecule has 0 aliphatic rings. The van der Waals surface area contributed by atoms with Gasteiger partial charge in [0.1, 0.15) is 0 Å². The zero-order valence-corrected chi connectivity index (χ0v) is 19.0. The summed E-state index contributed by atoms with van der Waals surface area (Å²) in [6, 6.07) is 5.12. The standard InChI is InChI=1S/C14H21N7O8S3/c1-28-9-15-8-17-29-30-14-20-12(16-6-7-31(22,23)24)19-13(21-14)18-10-2-4-11(5-3-10)32(25,26)27/h2-5,15,17H,6-9H2,1H3,(H,22,23,24)(H,25,26,27)(H2,16,18,19,20,21). The van der Waals surface area contributed by atoms with Gasteiger partial charge in [-0.05, 0) is 24.3 Å². The number of benzene rings is 1. The van der Waals surface area contributed by atoms with Gasteiger partial charge in [-0.15, -0.1) is 0 Å². The summed E-state index contributed by atoms with van der Waals surface area (Å²) in [6.07, 6.45) is 0. The van der Waals surface area contributed by atoms with Crippen LogP contribution in [0.1, 0.15) is 0 Å². The number of rotatable bonds is 14. The Labute approximate surface area is 188 Å². The molecule has 2 rings (SSSR count). The molecular formula is C14H21N7O8S3. The number of hydrogen-bond donors (Lipinski definition) is 6. The molecule has 0 saturated heterocycles. The van der Waals surface area contributed by atoms with E-state index in [1.54, 1.807) is 0 Å². The molecule has 0 bridgehead atoms. The lowest BCUT2D eigenvalue weighted by molar-refractivity contribution is 0.148. The molecule has 1 heterocycles. The molecule has 15 nitrogen and oxygen atoms in total. The van der Waals surface area contributed by atoms with Gasteiger partial charge in [0.15, 0.2) is 0 Å². The normalized spacial score (nSPS) is 12.0. The Hall–Kier alpha value is -2.16. The smallest absolute Gasteiger partial charge is 0.294 e. The molecule has 6 N–H and O–H groups in total. The van der Waals surface area contributed by atoms with Crippen LogP contribution in [0.5, 0.6) is 0 Å². The Morgan fingerprint density at radius 2 is 1.72 bits per heavy atom. The zero-order valence-electron chi connectivity index (χ0n) is 16.5. The van der Waals surface area contributed by atoms with E-state index in [2.05, 4.69) is 36.4 Å². The van der Waals surface area contributed by atoms with Crippen molar-refractivity contribution < 1.29 is 35.0 Å². The Balaban J connectivity index is 2.11. The molecule has 1 aromatic heterocycles. The minimum Gasteiger partial charge on any atom is -0.370 e. The van der Waals surface area contributed by atoms with E-state index in [0.29, 0.717) is 12.4 Å². The first-order chi connectivity index (χ1) is 15.1. The Kier molecular flexibility index (Phi) is 9.93. The Morgan fingerprint density at radius 3 is 2.34 bits per heavy atom. The molecule has 0 unspecified atom stereocenters. The number of aromatic nitrogens is 3. The topological polar surface area (TPSA) is 214 Å². The third kappa shape index (κ3) is 9.97. The van der Waals surface area contributed by atoms with Crippen LogP contribution in [0.4, 0.5) is 17.6 Å². The molecule has 2 aromatic rings. The number of nitrogens with zero attached hydrogens (tertiary/aromatic N) is 3. The van der Waals surface area contributed by atoms with Crippen molar-refractivity contribution in [1.29, 1.82) is 0 Å². The van der Waals surface area contributed by atoms with E-state index in [4.69, 9.17) is 18.1 Å². The highest BCUT2D eigenvalue weighted by Gasteiger charge is 2.12. The summed E-state index contributed by atoms with van der Waals surface area (Å²) in [5, 5.41) is 8.40. The second-order valence-corrected chi connectivity index (χ2v) is 9.47. The lowest BCUT2D eigenvalue weighted by Gasteiger charge is -2.10. The van der Waals surface area contributed by atoms with Crippen molar-refractivity contribution >= 4 is 49.9 Å². The summed E-state index contributed by atoms with van der Waals surface area (Å²) < 4.78 is 71.9. The number of nitrogens with one attached hydrogen (secondary N) is 4. The van der Waals surface area contributed by atoms with Gasteiger partial charge in [0, 0.05) is 19.3 Å². The van der Waals surface area contributed by atoms with Gasteiger partial charge >= 0.3 is 0 Å². The number of hydrogen-bond acceptors (Lipinski definition) is 14. The quantitative estimate of drug-likeness (QED) is 0.0638. The van der Waals surface area contributed by atoms with Crippen LogP contribution >= 0.6 is 12.0 Å². The monoisotopic (exact) mass is 511 g/mol. The largest absolute Gasteiger partial charge is 0.370 e. The van der Waals surface area contributed by atoms with Crippen LogP contribution in [0.25, 0.3) is 0 Å². The van der Waals surface area contributed by atoms with Crippen LogP contribution in [-0.4, -0.2) is 73.7 Å². The lowest BCUT2D eigenvalue weighted by Crippen LogP contribution is -2.28. The number of hydroxylamine groups is 1. The highest BCUT2D eigenvalue weighted by molar-refractivity contribution is 7.94. The Bertz CT molecular complexity index is 1080. The molecule has 0 fully saturated rings. The number of anilines is 3. The van der Waals surface area contributed by atoms with E-state index in [1.807, 2.05) is 0 Å². The predicted molar refractivity (Wildman–Crippen MR) is 114 cm³/mol. The minimum absolute atomic E-state index is 0.00989. The molecule has 0 atom stereocenters. The lowest BCUT2D eigenvalue weighted by atomic mass is 10.3. The van der Waals surface area contributed by atoms with Gasteiger partial charge in [0.25, 0.3) is 20.2 Å². The first-order valence-electron chi connectivity index (χ1n) is 8.62. The van der Waals surface area contributed by atoms with Crippen LogP contribution in [-0.2, 0) is 29.3 Å². The average molecular weight is 512 g/mol. The third-order valence-electron chi connectivity index (χ3n) is 3.29. The van der Waals surface area contributed by atoms with Gasteiger partial charge in [-0.2, -0.15) is 37.3 Å². The summed E-state index contributed by atoms with van der Waals surface area (Å²) >= 11 is 0.748. The van der Waals surface area contributed by atoms with Crippen molar-refractivity contribution in [3.8, 4) is 0 Å². The molecule has 0 radical (unpaired) electrons. The van der Waals surface area contributed by atoms with Gasteiger partial charge < -0.3 is 15.4 Å². The zero-order chi connectivity index (χ0) is 23.6. The van der Waals surface area contributed by atoms with Gasteiger partial charge in [-0.25, -0.2) is 4.28 Å². The van der Waals surface area contributed by atoms with Crippen LogP contribution < -0.4 is 21.4 Å². The molecular weight excluding hydrogens is 490 g/mol. The van der Waals surface area contributed by atoms with Gasteiger partial charge in [0.2, 0.25) is 17.1 Å². The van der Waals surface area contributed by atoms with Crippen molar-refractivity contribution in [2.45, 2.75) is 10.1 Å². The second-order valence-electron chi connectivity index (χ2n) is 5.77. The summed E-state index contributed by atoms with van der Waals surface area (Å²) in [4.78, 5) is 12.0. The fourth-order valence-electron chi connectivity index (χ4n) is 1.96. The molecule has 32 heavy (non-hydrogen) atoms. The summed E-state index contributed by atoms with van der Waals surface area (Å²) in [7, 11) is -6.99. The fourth-order valence-corrected chi connectivity index (χ4v) is 3.24. The molecule has 0 aliphatic heterocycles. The summed E-state index contributed by atoms with van der Waals surface area (Å²) in [5.41, 5.74) is 2.97. The third-order valence-corrected chi connectivity index (χ3v) is 5.41. The van der Waals surface area contributed by atoms with E-state index in [-0.39, 0.29) is 35.2 Å². The molecule has 0 saturated carbocycles. The first kappa shape index (κ1) is 26.1. The summed E-state index contributed by atoms with van der Waals surface area (Å²) in [6.45, 7) is 0.394. The van der Waals surface area contributed by atoms with Gasteiger partial charge in [-0.3, -0.25) is 14.4 Å². The average Bonchev–Trinajstić information content (AvgIpc) is 2.69. The predicted octanol–water partition coefficient (Wildman–Crippen LogP) is -0.159.